The summed E-state index contributed by atoms with van der Waals surface area (Å²) < 4.78 is 5.08. The van der Waals surface area contributed by atoms with Crippen LogP contribution < -0.4 is 5.32 Å². The monoisotopic (exact) mass is 346 g/mol. The molecule has 1 aromatic carbocycles. The van der Waals surface area contributed by atoms with Gasteiger partial charge in [0, 0.05) is 12.1 Å². The van der Waals surface area contributed by atoms with Crippen molar-refractivity contribution in [1.82, 2.24) is 0 Å². The molecule has 3 atom stereocenters. The quantitative estimate of drug-likeness (QED) is 0.827. The van der Waals surface area contributed by atoms with Gasteiger partial charge in [0.15, 0.2) is 6.61 Å². The molecule has 0 aromatic heterocycles. The second-order valence-corrected chi connectivity index (χ2v) is 7.06. The third-order valence-corrected chi connectivity index (χ3v) is 5.36. The van der Waals surface area contributed by atoms with E-state index >= 15 is 0 Å². The average molecular weight is 347 g/mol. The first-order chi connectivity index (χ1) is 11.5. The van der Waals surface area contributed by atoms with Crippen LogP contribution in [0.2, 0.25) is 5.02 Å². The van der Waals surface area contributed by atoms with Crippen LogP contribution in [0.5, 0.6) is 0 Å². The van der Waals surface area contributed by atoms with Crippen LogP contribution in [0.25, 0.3) is 0 Å². The minimum absolute atomic E-state index is 0.267. The Labute approximate surface area is 145 Å². The van der Waals surface area contributed by atoms with Crippen LogP contribution in [0.3, 0.4) is 0 Å². The van der Waals surface area contributed by atoms with Crippen molar-refractivity contribution in [2.45, 2.75) is 32.1 Å². The Kier molecular flexibility index (Phi) is 5.06. The number of hydrogen-bond donors (Lipinski definition) is 1. The molecule has 0 heterocycles. The number of carbonyl (C=O) groups excluding carboxylic acids is 2. The van der Waals surface area contributed by atoms with Gasteiger partial charge in [0.05, 0.1) is 10.6 Å². The van der Waals surface area contributed by atoms with Crippen molar-refractivity contribution in [3.63, 3.8) is 0 Å². The Bertz CT molecular complexity index is 698. The fourth-order valence-electron chi connectivity index (χ4n) is 3.93. The molecule has 0 aliphatic heterocycles. The van der Waals surface area contributed by atoms with E-state index in [2.05, 4.69) is 5.32 Å². The molecule has 2 bridgehead atoms. The lowest BCUT2D eigenvalue weighted by Gasteiger charge is -2.20. The molecule has 24 heavy (non-hydrogen) atoms. The predicted octanol–water partition coefficient (Wildman–Crippen LogP) is 3.52. The molecule has 1 amide bonds. The summed E-state index contributed by atoms with van der Waals surface area (Å²) in [5.41, 5.74) is 0.806. The normalized spacial score (nSPS) is 24.4. The van der Waals surface area contributed by atoms with Crippen LogP contribution in [0.4, 0.5) is 5.69 Å². The highest BCUT2D eigenvalue weighted by atomic mass is 35.5. The third kappa shape index (κ3) is 3.88. The van der Waals surface area contributed by atoms with Gasteiger partial charge in [-0.15, -0.1) is 0 Å². The van der Waals surface area contributed by atoms with Crippen molar-refractivity contribution in [2.24, 2.45) is 17.8 Å². The Morgan fingerprint density at radius 2 is 2.17 bits per heavy atom. The van der Waals surface area contributed by atoms with Gasteiger partial charge in [-0.2, -0.15) is 5.26 Å². The molecular weight excluding hydrogens is 328 g/mol. The Morgan fingerprint density at radius 1 is 1.33 bits per heavy atom. The maximum absolute atomic E-state index is 11.9. The summed E-state index contributed by atoms with van der Waals surface area (Å²) in [7, 11) is 0. The second-order valence-electron chi connectivity index (χ2n) is 6.65. The highest BCUT2D eigenvalue weighted by Crippen LogP contribution is 2.49. The Morgan fingerprint density at radius 3 is 2.79 bits per heavy atom. The number of esters is 1. The van der Waals surface area contributed by atoms with Crippen molar-refractivity contribution in [1.29, 1.82) is 5.26 Å². The molecule has 2 saturated carbocycles. The van der Waals surface area contributed by atoms with Crippen LogP contribution in [-0.4, -0.2) is 18.5 Å². The standard InChI is InChI=1S/C18H19ClN2O3/c19-16-8-15(4-3-13(16)9-20)21-17(22)10-24-18(23)7-14-6-11-1-2-12(14)5-11/h3-4,8,11-12,14H,1-2,5-7,10H2,(H,21,22)/t11-,12+,14-/m0/s1. The van der Waals surface area contributed by atoms with E-state index in [1.807, 2.05) is 6.07 Å². The van der Waals surface area contributed by atoms with Gasteiger partial charge in [-0.05, 0) is 55.2 Å². The van der Waals surface area contributed by atoms with Crippen LogP contribution in [0, 0.1) is 29.1 Å². The zero-order valence-electron chi connectivity index (χ0n) is 13.3. The van der Waals surface area contributed by atoms with E-state index in [1.54, 1.807) is 6.07 Å². The minimum atomic E-state index is -0.419. The van der Waals surface area contributed by atoms with Crippen molar-refractivity contribution in [2.75, 3.05) is 11.9 Å². The van der Waals surface area contributed by atoms with E-state index in [9.17, 15) is 9.59 Å². The topological polar surface area (TPSA) is 79.2 Å². The SMILES string of the molecule is N#Cc1ccc(NC(=O)COC(=O)C[C@@H]2C[C@H]3CC[C@@H]2C3)cc1Cl. The van der Waals surface area contributed by atoms with Crippen molar-refractivity contribution in [3.8, 4) is 6.07 Å². The minimum Gasteiger partial charge on any atom is -0.456 e. The summed E-state index contributed by atoms with van der Waals surface area (Å²) in [5.74, 6) is 1.16. The Hall–Kier alpha value is -2.06. The number of carbonyl (C=O) groups is 2. The number of nitrogens with zero attached hydrogens (tertiary/aromatic N) is 1. The number of benzene rings is 1. The van der Waals surface area contributed by atoms with E-state index < -0.39 is 5.91 Å². The van der Waals surface area contributed by atoms with Crippen LogP contribution in [-0.2, 0) is 14.3 Å². The zero-order chi connectivity index (χ0) is 17.1. The molecule has 0 radical (unpaired) electrons. The summed E-state index contributed by atoms with van der Waals surface area (Å²) in [6.45, 7) is -0.308. The maximum atomic E-state index is 11.9. The molecule has 3 rings (SSSR count). The molecule has 0 saturated heterocycles. The summed E-state index contributed by atoms with van der Waals surface area (Å²) >= 11 is 5.91. The van der Waals surface area contributed by atoms with Gasteiger partial charge in [0.2, 0.25) is 0 Å². The number of amides is 1. The van der Waals surface area contributed by atoms with E-state index in [1.165, 1.54) is 31.4 Å². The van der Waals surface area contributed by atoms with Crippen molar-refractivity contribution in [3.05, 3.63) is 28.8 Å². The first-order valence-electron chi connectivity index (χ1n) is 8.20. The Balaban J connectivity index is 1.43. The fourth-order valence-corrected chi connectivity index (χ4v) is 4.15. The van der Waals surface area contributed by atoms with E-state index in [-0.39, 0.29) is 17.6 Å². The van der Waals surface area contributed by atoms with E-state index in [0.29, 0.717) is 29.5 Å². The summed E-state index contributed by atoms with van der Waals surface area (Å²) in [4.78, 5) is 23.8. The fraction of sp³-hybridized carbons (Fsp3) is 0.500. The lowest BCUT2D eigenvalue weighted by Crippen LogP contribution is -2.23. The first kappa shape index (κ1) is 16.8. The van der Waals surface area contributed by atoms with Gasteiger partial charge in [0.25, 0.3) is 5.91 Å². The lowest BCUT2D eigenvalue weighted by molar-refractivity contribution is -0.148. The molecule has 5 nitrogen and oxygen atoms in total. The smallest absolute Gasteiger partial charge is 0.306 e. The number of nitriles is 1. The lowest BCUT2D eigenvalue weighted by atomic mass is 9.86. The molecule has 2 fully saturated rings. The number of halogens is 1. The highest BCUT2D eigenvalue weighted by Gasteiger charge is 2.40. The summed E-state index contributed by atoms with van der Waals surface area (Å²) in [5, 5.41) is 11.7. The molecular formula is C18H19ClN2O3. The van der Waals surface area contributed by atoms with Crippen molar-refractivity contribution < 1.29 is 14.3 Å². The van der Waals surface area contributed by atoms with Gasteiger partial charge >= 0.3 is 5.97 Å². The maximum Gasteiger partial charge on any atom is 0.306 e. The van der Waals surface area contributed by atoms with Gasteiger partial charge in [-0.3, -0.25) is 9.59 Å². The number of rotatable bonds is 5. The number of nitrogens with one attached hydrogen (secondary N) is 1. The molecule has 0 unspecified atom stereocenters. The number of hydrogen-bond acceptors (Lipinski definition) is 4. The van der Waals surface area contributed by atoms with Crippen molar-refractivity contribution >= 4 is 29.2 Å². The molecule has 1 N–H and O–H groups in total. The average Bonchev–Trinajstić information content (AvgIpc) is 3.16. The molecule has 2 aliphatic carbocycles. The molecule has 126 valence electrons. The van der Waals surface area contributed by atoms with Crippen LogP contribution in [0.15, 0.2) is 18.2 Å². The highest BCUT2D eigenvalue weighted by molar-refractivity contribution is 6.32. The van der Waals surface area contributed by atoms with Gasteiger partial charge in [-0.1, -0.05) is 18.0 Å². The van der Waals surface area contributed by atoms with E-state index in [4.69, 9.17) is 21.6 Å². The largest absolute Gasteiger partial charge is 0.456 e. The van der Waals surface area contributed by atoms with Crippen LogP contribution in [0.1, 0.15) is 37.7 Å². The van der Waals surface area contributed by atoms with Gasteiger partial charge in [0.1, 0.15) is 6.07 Å². The molecule has 1 aromatic rings. The van der Waals surface area contributed by atoms with Crippen LogP contribution >= 0.6 is 11.6 Å². The summed E-state index contributed by atoms with van der Waals surface area (Å²) in [6, 6.07) is 6.55. The van der Waals surface area contributed by atoms with Gasteiger partial charge < -0.3 is 10.1 Å². The molecule has 2 aliphatic rings. The summed E-state index contributed by atoms with van der Waals surface area (Å²) in [6.07, 6.45) is 5.30. The first-order valence-corrected chi connectivity index (χ1v) is 8.58. The number of anilines is 1. The number of ether oxygens (including phenoxy) is 1. The zero-order valence-corrected chi connectivity index (χ0v) is 14.0. The predicted molar refractivity (Wildman–Crippen MR) is 89.3 cm³/mol. The third-order valence-electron chi connectivity index (χ3n) is 5.05. The second kappa shape index (κ2) is 7.23. The van der Waals surface area contributed by atoms with E-state index in [0.717, 1.165) is 12.3 Å². The number of fused-ring (bicyclic) bond motifs is 2. The molecule has 0 spiro atoms. The van der Waals surface area contributed by atoms with Gasteiger partial charge in [-0.25, -0.2) is 0 Å². The molecule has 6 heteroatoms.